The topological polar surface area (TPSA) is 24.1 Å². The summed E-state index contributed by atoms with van der Waals surface area (Å²) in [6.07, 6.45) is 0. The third kappa shape index (κ3) is 1.88. The quantitative estimate of drug-likeness (QED) is 0.572. The Morgan fingerprint density at radius 3 is 1.60 bits per heavy atom. The molecule has 0 saturated carbocycles. The normalized spacial score (nSPS) is 34.2. The van der Waals surface area contributed by atoms with Gasteiger partial charge in [-0.15, -0.1) is 0 Å². The van der Waals surface area contributed by atoms with Gasteiger partial charge in [0.05, 0.1) is 0 Å². The van der Waals surface area contributed by atoms with Crippen LogP contribution in [-0.2, 0) is 0 Å². The molecule has 1 saturated heterocycles. The van der Waals surface area contributed by atoms with Crippen LogP contribution in [0.5, 0.6) is 0 Å². The molecule has 1 aliphatic rings. The van der Waals surface area contributed by atoms with Crippen LogP contribution in [0.2, 0.25) is 0 Å². The number of halogens is 2. The van der Waals surface area contributed by atoms with E-state index in [1.165, 1.54) is 0 Å². The summed E-state index contributed by atoms with van der Waals surface area (Å²) in [6, 6.07) is -0.245. The van der Waals surface area contributed by atoms with Crippen molar-refractivity contribution in [2.45, 2.75) is 12.1 Å². The van der Waals surface area contributed by atoms with Crippen molar-refractivity contribution >= 4 is 0 Å². The lowest BCUT2D eigenvalue weighted by atomic mass is 10.2. The second kappa shape index (κ2) is 3.83. The highest BCUT2D eigenvalue weighted by Crippen LogP contribution is 1.94. The second-order valence-electron chi connectivity index (χ2n) is 2.52. The van der Waals surface area contributed by atoms with Gasteiger partial charge in [0.1, 0.15) is 13.3 Å². The molecule has 0 amide bonds. The molecule has 0 radical (unpaired) electrons. The summed E-state index contributed by atoms with van der Waals surface area (Å²) in [5, 5.41) is 5.78. The summed E-state index contributed by atoms with van der Waals surface area (Å²) in [5.74, 6) is 0. The molecule has 0 unspecified atom stereocenters. The maximum atomic E-state index is 11.9. The van der Waals surface area contributed by atoms with E-state index in [9.17, 15) is 8.78 Å². The Balaban J connectivity index is 2.17. The summed E-state index contributed by atoms with van der Waals surface area (Å²) < 4.78 is 23.8. The third-order valence-corrected chi connectivity index (χ3v) is 1.68. The molecule has 0 aliphatic carbocycles. The monoisotopic (exact) mass is 150 g/mol. The van der Waals surface area contributed by atoms with Crippen molar-refractivity contribution < 1.29 is 8.78 Å². The van der Waals surface area contributed by atoms with Crippen LogP contribution in [-0.4, -0.2) is 38.5 Å². The highest BCUT2D eigenvalue weighted by Gasteiger charge is 2.18. The molecule has 1 fully saturated rings. The molecule has 1 rings (SSSR count). The highest BCUT2D eigenvalue weighted by atomic mass is 19.1. The van der Waals surface area contributed by atoms with Gasteiger partial charge in [-0.05, 0) is 0 Å². The van der Waals surface area contributed by atoms with Gasteiger partial charge in [-0.1, -0.05) is 0 Å². The van der Waals surface area contributed by atoms with Crippen molar-refractivity contribution in [3.05, 3.63) is 0 Å². The fourth-order valence-corrected chi connectivity index (χ4v) is 0.980. The van der Waals surface area contributed by atoms with E-state index < -0.39 is 0 Å². The van der Waals surface area contributed by atoms with Gasteiger partial charge in [0.15, 0.2) is 0 Å². The first-order valence-electron chi connectivity index (χ1n) is 3.45. The van der Waals surface area contributed by atoms with Crippen LogP contribution in [0.1, 0.15) is 0 Å². The molecule has 0 spiro atoms. The van der Waals surface area contributed by atoms with Crippen LogP contribution >= 0.6 is 0 Å². The highest BCUT2D eigenvalue weighted by molar-refractivity contribution is 4.81. The molecule has 60 valence electrons. The Bertz CT molecular complexity index is 79.7. The van der Waals surface area contributed by atoms with E-state index in [2.05, 4.69) is 10.6 Å². The van der Waals surface area contributed by atoms with Gasteiger partial charge in [-0.25, -0.2) is 8.78 Å². The molecule has 0 bridgehead atoms. The number of hydrogen-bond acceptors (Lipinski definition) is 2. The maximum Gasteiger partial charge on any atom is 0.106 e. The standard InChI is InChI=1S/C6H12F2N2/c7-1-5-3-10-6(2-8)4-9-5/h5-6,9-10H,1-4H2/t5-,6-/m1/s1. The van der Waals surface area contributed by atoms with E-state index in [-0.39, 0.29) is 25.4 Å². The number of hydrogen-bond donors (Lipinski definition) is 2. The van der Waals surface area contributed by atoms with E-state index in [1.807, 2.05) is 0 Å². The van der Waals surface area contributed by atoms with E-state index in [0.717, 1.165) is 0 Å². The van der Waals surface area contributed by atoms with Crippen LogP contribution in [0.3, 0.4) is 0 Å². The molecule has 10 heavy (non-hydrogen) atoms. The van der Waals surface area contributed by atoms with Crippen LogP contribution in [0.25, 0.3) is 0 Å². The van der Waals surface area contributed by atoms with Gasteiger partial charge >= 0.3 is 0 Å². The van der Waals surface area contributed by atoms with Gasteiger partial charge < -0.3 is 10.6 Å². The predicted octanol–water partition coefficient (Wildman–Crippen LogP) is -0.145. The number of alkyl halides is 2. The molecule has 0 aromatic heterocycles. The smallest absolute Gasteiger partial charge is 0.106 e. The van der Waals surface area contributed by atoms with Gasteiger partial charge in [-0.3, -0.25) is 0 Å². The average Bonchev–Trinajstić information content (AvgIpc) is 2.05. The molecule has 1 aliphatic heterocycles. The fourth-order valence-electron chi connectivity index (χ4n) is 0.980. The van der Waals surface area contributed by atoms with Crippen molar-refractivity contribution in [1.82, 2.24) is 10.6 Å². The summed E-state index contributed by atoms with van der Waals surface area (Å²) in [4.78, 5) is 0. The average molecular weight is 150 g/mol. The van der Waals surface area contributed by atoms with Crippen LogP contribution in [0, 0.1) is 0 Å². The maximum absolute atomic E-state index is 11.9. The van der Waals surface area contributed by atoms with Gasteiger partial charge in [0.25, 0.3) is 0 Å². The summed E-state index contributed by atoms with van der Waals surface area (Å²) in [6.45, 7) is 0.300. The molecule has 0 aromatic rings. The first kappa shape index (κ1) is 7.88. The van der Waals surface area contributed by atoms with Gasteiger partial charge in [0, 0.05) is 25.2 Å². The zero-order valence-electron chi connectivity index (χ0n) is 5.74. The molecular weight excluding hydrogens is 138 g/mol. The number of rotatable bonds is 2. The van der Waals surface area contributed by atoms with E-state index >= 15 is 0 Å². The first-order valence-corrected chi connectivity index (χ1v) is 3.45. The Morgan fingerprint density at radius 2 is 1.40 bits per heavy atom. The second-order valence-corrected chi connectivity index (χ2v) is 2.52. The number of piperazine rings is 1. The van der Waals surface area contributed by atoms with Gasteiger partial charge in [-0.2, -0.15) is 0 Å². The minimum absolute atomic E-state index is 0.122. The molecular formula is C6H12F2N2. The molecule has 2 atom stereocenters. The Labute approximate surface area is 59.0 Å². The summed E-state index contributed by atoms with van der Waals surface area (Å²) >= 11 is 0. The van der Waals surface area contributed by atoms with E-state index in [1.54, 1.807) is 0 Å². The van der Waals surface area contributed by atoms with Crippen molar-refractivity contribution in [2.24, 2.45) is 0 Å². The lowest BCUT2D eigenvalue weighted by Crippen LogP contribution is -2.55. The van der Waals surface area contributed by atoms with Crippen molar-refractivity contribution in [3.8, 4) is 0 Å². The van der Waals surface area contributed by atoms with Crippen LogP contribution in [0.15, 0.2) is 0 Å². The zero-order chi connectivity index (χ0) is 7.40. The number of nitrogens with one attached hydrogen (secondary N) is 2. The largest absolute Gasteiger partial charge is 0.309 e. The third-order valence-electron chi connectivity index (χ3n) is 1.68. The van der Waals surface area contributed by atoms with Crippen LogP contribution < -0.4 is 10.6 Å². The zero-order valence-corrected chi connectivity index (χ0v) is 5.74. The SMILES string of the molecule is FC[C@@H]1CN[C@H](CF)CN1. The lowest BCUT2D eigenvalue weighted by Gasteiger charge is -2.27. The Kier molecular flexibility index (Phi) is 3.02. The van der Waals surface area contributed by atoms with E-state index in [4.69, 9.17) is 0 Å². The minimum Gasteiger partial charge on any atom is -0.309 e. The fraction of sp³-hybridized carbons (Fsp3) is 1.00. The van der Waals surface area contributed by atoms with E-state index in [0.29, 0.717) is 13.1 Å². The molecule has 0 aromatic carbocycles. The van der Waals surface area contributed by atoms with Crippen molar-refractivity contribution in [2.75, 3.05) is 26.4 Å². The Morgan fingerprint density at radius 1 is 1.00 bits per heavy atom. The Hall–Kier alpha value is -0.220. The van der Waals surface area contributed by atoms with Crippen LogP contribution in [0.4, 0.5) is 8.78 Å². The molecule has 4 heteroatoms. The summed E-state index contributed by atoms with van der Waals surface area (Å²) in [7, 11) is 0. The molecule has 1 heterocycles. The lowest BCUT2D eigenvalue weighted by molar-refractivity contribution is 0.264. The molecule has 2 nitrogen and oxygen atoms in total. The van der Waals surface area contributed by atoms with Crippen molar-refractivity contribution in [3.63, 3.8) is 0 Å². The molecule has 2 N–H and O–H groups in total. The predicted molar refractivity (Wildman–Crippen MR) is 35.5 cm³/mol. The van der Waals surface area contributed by atoms with Gasteiger partial charge in [0.2, 0.25) is 0 Å². The summed E-state index contributed by atoms with van der Waals surface area (Å²) in [5.41, 5.74) is 0. The minimum atomic E-state index is -0.383. The van der Waals surface area contributed by atoms with Crippen molar-refractivity contribution in [1.29, 1.82) is 0 Å². The first-order chi connectivity index (χ1) is 4.86.